The predicted molar refractivity (Wildman–Crippen MR) is 131 cm³/mol. The number of carbonyl (C=O) groups is 1. The van der Waals surface area contributed by atoms with Crippen molar-refractivity contribution in [1.82, 2.24) is 15.0 Å². The molecule has 7 nitrogen and oxygen atoms in total. The molecule has 4 aromatic rings. The summed E-state index contributed by atoms with van der Waals surface area (Å²) in [5, 5.41) is 5.92. The van der Waals surface area contributed by atoms with Crippen LogP contribution in [0.4, 0.5) is 16.8 Å². The Labute approximate surface area is 190 Å². The Hall–Kier alpha value is -3.52. The second kappa shape index (κ2) is 8.20. The molecule has 0 unspecified atom stereocenters. The minimum atomic E-state index is -0.191. The minimum Gasteiger partial charge on any atom is -0.356 e. The maximum Gasteiger partial charge on any atom is 0.257 e. The Bertz CT molecular complexity index is 1290. The highest BCUT2D eigenvalue weighted by Crippen LogP contribution is 2.32. The zero-order valence-electron chi connectivity index (χ0n) is 18.2. The molecule has 0 radical (unpaired) electrons. The summed E-state index contributed by atoms with van der Waals surface area (Å²) >= 11 is 1.64. The number of thiazole rings is 1. The maximum atomic E-state index is 12.8. The molecule has 1 aliphatic rings. The summed E-state index contributed by atoms with van der Waals surface area (Å²) in [6.45, 7) is 4.16. The van der Waals surface area contributed by atoms with Crippen molar-refractivity contribution in [3.8, 4) is 10.4 Å². The second-order valence-electron chi connectivity index (χ2n) is 8.40. The van der Waals surface area contributed by atoms with Gasteiger partial charge in [-0.2, -0.15) is 0 Å². The summed E-state index contributed by atoms with van der Waals surface area (Å²) in [5.41, 5.74) is 1.67. The lowest BCUT2D eigenvalue weighted by atomic mass is 10.0. The average molecular weight is 445 g/mol. The van der Waals surface area contributed by atoms with Crippen molar-refractivity contribution in [3.05, 3.63) is 60.6 Å². The molecule has 0 saturated carbocycles. The van der Waals surface area contributed by atoms with Gasteiger partial charge >= 0.3 is 0 Å². The highest BCUT2D eigenvalue weighted by molar-refractivity contribution is 7.18. The van der Waals surface area contributed by atoms with Crippen molar-refractivity contribution in [1.29, 1.82) is 0 Å². The lowest BCUT2D eigenvalue weighted by Gasteiger charge is -2.38. The molecule has 3 aromatic heterocycles. The van der Waals surface area contributed by atoms with Gasteiger partial charge in [0.15, 0.2) is 5.13 Å². The highest BCUT2D eigenvalue weighted by Gasteiger charge is 2.24. The van der Waals surface area contributed by atoms with Gasteiger partial charge in [0.05, 0.1) is 4.88 Å². The normalized spacial score (nSPS) is 13.8. The summed E-state index contributed by atoms with van der Waals surface area (Å²) in [5.74, 6) is 1.84. The molecule has 1 aliphatic heterocycles. The lowest BCUT2D eigenvalue weighted by Crippen LogP contribution is -2.45. The van der Waals surface area contributed by atoms with Gasteiger partial charge in [0, 0.05) is 56.7 Å². The molecule has 1 fully saturated rings. The summed E-state index contributed by atoms with van der Waals surface area (Å²) in [4.78, 5) is 31.4. The summed E-state index contributed by atoms with van der Waals surface area (Å²) in [6, 6.07) is 11.7. The number of fused-ring (bicyclic) bond motifs is 1. The molecule has 1 N–H and O–H groups in total. The van der Waals surface area contributed by atoms with E-state index < -0.39 is 0 Å². The Balaban J connectivity index is 1.37. The van der Waals surface area contributed by atoms with Gasteiger partial charge in [-0.05, 0) is 41.1 Å². The van der Waals surface area contributed by atoms with Crippen LogP contribution >= 0.6 is 11.3 Å². The molecular formula is C24H24N6OS. The van der Waals surface area contributed by atoms with Crippen molar-refractivity contribution >= 4 is 44.8 Å². The quantitative estimate of drug-likeness (QED) is 0.488. The number of carbonyl (C=O) groups excluding carboxylic acids is 1. The van der Waals surface area contributed by atoms with Crippen LogP contribution < -0.4 is 15.1 Å². The molecule has 5 rings (SSSR count). The van der Waals surface area contributed by atoms with Crippen LogP contribution in [0.1, 0.15) is 17.3 Å². The van der Waals surface area contributed by atoms with Gasteiger partial charge in [0.25, 0.3) is 5.91 Å². The van der Waals surface area contributed by atoms with E-state index >= 15 is 0 Å². The van der Waals surface area contributed by atoms with E-state index in [1.807, 2.05) is 43.4 Å². The SMILES string of the molecule is CC1CN(c2cc(C(=O)Nc3cc4cc(-c5cnc(N(C)C)s5)ccc4cn3)ccn2)C1. The van der Waals surface area contributed by atoms with E-state index in [9.17, 15) is 4.79 Å². The predicted octanol–water partition coefficient (Wildman–Crippen LogP) is 4.53. The van der Waals surface area contributed by atoms with Crippen molar-refractivity contribution in [2.45, 2.75) is 6.92 Å². The summed E-state index contributed by atoms with van der Waals surface area (Å²) in [7, 11) is 3.97. The third-order valence-electron chi connectivity index (χ3n) is 5.52. The summed E-state index contributed by atoms with van der Waals surface area (Å²) in [6.07, 6.45) is 5.36. The number of anilines is 3. The molecule has 4 heterocycles. The van der Waals surface area contributed by atoms with Gasteiger partial charge < -0.3 is 15.1 Å². The molecule has 0 aliphatic carbocycles. The second-order valence-corrected chi connectivity index (χ2v) is 9.41. The van der Waals surface area contributed by atoms with E-state index in [4.69, 9.17) is 0 Å². The summed E-state index contributed by atoms with van der Waals surface area (Å²) < 4.78 is 0. The fraction of sp³-hybridized carbons (Fsp3) is 0.250. The van der Waals surface area contributed by atoms with E-state index in [0.717, 1.165) is 45.3 Å². The molecule has 0 bridgehead atoms. The van der Waals surface area contributed by atoms with Crippen molar-refractivity contribution in [3.63, 3.8) is 0 Å². The van der Waals surface area contributed by atoms with Gasteiger partial charge in [-0.25, -0.2) is 15.0 Å². The van der Waals surface area contributed by atoms with E-state index in [1.54, 1.807) is 29.8 Å². The van der Waals surface area contributed by atoms with Gasteiger partial charge in [-0.3, -0.25) is 4.79 Å². The first-order valence-corrected chi connectivity index (χ1v) is 11.3. The van der Waals surface area contributed by atoms with E-state index in [0.29, 0.717) is 17.3 Å². The number of hydrogen-bond donors (Lipinski definition) is 1. The van der Waals surface area contributed by atoms with Gasteiger partial charge in [0.2, 0.25) is 0 Å². The Morgan fingerprint density at radius 2 is 1.91 bits per heavy atom. The molecule has 0 atom stereocenters. The van der Waals surface area contributed by atoms with Crippen molar-refractivity contribution in [2.75, 3.05) is 42.3 Å². The smallest absolute Gasteiger partial charge is 0.257 e. The molecule has 8 heteroatoms. The van der Waals surface area contributed by atoms with Crippen LogP contribution in [0.25, 0.3) is 21.2 Å². The molecular weight excluding hydrogens is 420 g/mol. The third kappa shape index (κ3) is 4.01. The Morgan fingerprint density at radius 3 is 2.66 bits per heavy atom. The van der Waals surface area contributed by atoms with Crippen LogP contribution in [0, 0.1) is 5.92 Å². The number of rotatable bonds is 5. The van der Waals surface area contributed by atoms with E-state index in [-0.39, 0.29) is 5.91 Å². The van der Waals surface area contributed by atoms with Gasteiger partial charge in [0.1, 0.15) is 11.6 Å². The van der Waals surface area contributed by atoms with Crippen LogP contribution in [0.2, 0.25) is 0 Å². The van der Waals surface area contributed by atoms with Crippen molar-refractivity contribution < 1.29 is 4.79 Å². The standard InChI is InChI=1S/C24H24N6OS/c1-15-13-30(14-15)22-10-17(6-7-25-22)23(31)28-21-9-19-8-16(4-5-18(19)11-26-21)20-12-27-24(32-20)29(2)3/h4-12,15H,13-14H2,1-3H3,(H,26,28,31). The van der Waals surface area contributed by atoms with Crippen LogP contribution in [0.15, 0.2) is 55.0 Å². The van der Waals surface area contributed by atoms with Crippen LogP contribution in [-0.4, -0.2) is 48.0 Å². The Kier molecular flexibility index (Phi) is 5.22. The molecule has 162 valence electrons. The molecule has 32 heavy (non-hydrogen) atoms. The number of pyridine rings is 2. The number of aromatic nitrogens is 3. The molecule has 1 amide bonds. The van der Waals surface area contributed by atoms with Crippen LogP contribution in [-0.2, 0) is 0 Å². The number of nitrogens with one attached hydrogen (secondary N) is 1. The monoisotopic (exact) mass is 444 g/mol. The maximum absolute atomic E-state index is 12.8. The number of amides is 1. The minimum absolute atomic E-state index is 0.191. The molecule has 1 aromatic carbocycles. The first kappa shape index (κ1) is 20.4. The van der Waals surface area contributed by atoms with E-state index in [1.165, 1.54) is 0 Å². The zero-order chi connectivity index (χ0) is 22.2. The fourth-order valence-electron chi connectivity index (χ4n) is 3.77. The fourth-order valence-corrected chi connectivity index (χ4v) is 4.61. The number of nitrogens with zero attached hydrogens (tertiary/aromatic N) is 5. The first-order valence-electron chi connectivity index (χ1n) is 10.5. The van der Waals surface area contributed by atoms with E-state index in [2.05, 4.69) is 44.2 Å². The first-order chi connectivity index (χ1) is 15.5. The molecule has 1 saturated heterocycles. The van der Waals surface area contributed by atoms with Gasteiger partial charge in [-0.1, -0.05) is 30.4 Å². The highest BCUT2D eigenvalue weighted by atomic mass is 32.1. The number of benzene rings is 1. The van der Waals surface area contributed by atoms with Crippen molar-refractivity contribution in [2.24, 2.45) is 5.92 Å². The largest absolute Gasteiger partial charge is 0.356 e. The average Bonchev–Trinajstić information content (AvgIpc) is 3.27. The Morgan fingerprint density at radius 1 is 1.06 bits per heavy atom. The molecule has 0 spiro atoms. The van der Waals surface area contributed by atoms with Gasteiger partial charge in [-0.15, -0.1) is 0 Å². The topological polar surface area (TPSA) is 74.2 Å². The zero-order valence-corrected chi connectivity index (χ0v) is 19.1. The number of hydrogen-bond acceptors (Lipinski definition) is 7. The lowest BCUT2D eigenvalue weighted by molar-refractivity contribution is 0.102. The van der Waals surface area contributed by atoms with Crippen LogP contribution in [0.3, 0.4) is 0 Å². The van der Waals surface area contributed by atoms with Crippen LogP contribution in [0.5, 0.6) is 0 Å². The third-order valence-corrected chi connectivity index (χ3v) is 6.73.